The van der Waals surface area contributed by atoms with Crippen LogP contribution >= 0.6 is 11.3 Å². The molecule has 0 atom stereocenters. The van der Waals surface area contributed by atoms with E-state index in [1.54, 1.807) is 11.3 Å². The summed E-state index contributed by atoms with van der Waals surface area (Å²) < 4.78 is 0. The van der Waals surface area contributed by atoms with E-state index in [2.05, 4.69) is 35.1 Å². The lowest BCUT2D eigenvalue weighted by Gasteiger charge is -1.86. The second-order valence-corrected chi connectivity index (χ2v) is 3.18. The van der Waals surface area contributed by atoms with Crippen LogP contribution in [0.4, 0.5) is 5.00 Å². The lowest BCUT2D eigenvalue weighted by atomic mass is 10.5. The van der Waals surface area contributed by atoms with Crippen LogP contribution in [0.15, 0.2) is 12.1 Å². The van der Waals surface area contributed by atoms with Crippen molar-refractivity contribution >= 4 is 16.3 Å². The fourth-order valence-electron chi connectivity index (χ4n) is 0.569. The van der Waals surface area contributed by atoms with Crippen molar-refractivity contribution in [3.05, 3.63) is 17.0 Å². The van der Waals surface area contributed by atoms with Crippen LogP contribution in [0, 0.1) is 6.92 Å². The van der Waals surface area contributed by atoms with E-state index in [1.807, 2.05) is 7.05 Å². The Labute approximate surface area is 71.1 Å². The number of thiophene rings is 1. The highest BCUT2D eigenvalue weighted by atomic mass is 32.1. The molecule has 0 radical (unpaired) electrons. The number of hydrogen-bond donors (Lipinski definition) is 2. The van der Waals surface area contributed by atoms with E-state index in [0.717, 1.165) is 0 Å². The second kappa shape index (κ2) is 6.15. The molecule has 3 nitrogen and oxygen atoms in total. The largest absolute Gasteiger partial charge is 0.380 e. The van der Waals surface area contributed by atoms with Gasteiger partial charge in [0.1, 0.15) is 0 Å². The number of aryl methyl sites for hydroxylation is 1. The topological polar surface area (TPSA) is 47.3 Å². The average Bonchev–Trinajstić information content (AvgIpc) is 2.37. The molecule has 1 rings (SSSR count). The van der Waals surface area contributed by atoms with Gasteiger partial charge in [0.05, 0.1) is 12.1 Å². The molecule has 1 heterocycles. The summed E-state index contributed by atoms with van der Waals surface area (Å²) in [7, 11) is 3.34. The maximum absolute atomic E-state index is 4.35. The highest BCUT2D eigenvalue weighted by molar-refractivity contribution is 7.15. The molecule has 0 aliphatic heterocycles. The molecule has 11 heavy (non-hydrogen) atoms. The number of hydrogen-bond acceptors (Lipinski definition) is 4. The molecule has 64 valence electrons. The van der Waals surface area contributed by atoms with Gasteiger partial charge in [-0.2, -0.15) is 0 Å². The number of nitrogens with two attached hydrogens (primary N) is 1. The molecule has 0 aliphatic carbocycles. The van der Waals surface area contributed by atoms with Crippen LogP contribution in [0.2, 0.25) is 0 Å². The maximum Gasteiger partial charge on any atom is 0.0882 e. The monoisotopic (exact) mass is 174 g/mol. The van der Waals surface area contributed by atoms with Crippen LogP contribution in [0.25, 0.3) is 0 Å². The van der Waals surface area contributed by atoms with Crippen molar-refractivity contribution < 1.29 is 4.84 Å². The molecule has 0 bridgehead atoms. The van der Waals surface area contributed by atoms with Crippen LogP contribution in [0.1, 0.15) is 4.88 Å². The fraction of sp³-hybridized carbons (Fsp3) is 0.429. The Kier molecular flexibility index (Phi) is 5.83. The minimum Gasteiger partial charge on any atom is -0.380 e. The second-order valence-electron chi connectivity index (χ2n) is 1.90. The van der Waals surface area contributed by atoms with Gasteiger partial charge in [-0.05, 0) is 19.1 Å². The molecule has 0 saturated carbocycles. The molecular weight excluding hydrogens is 160 g/mol. The molecule has 0 fully saturated rings. The van der Waals surface area contributed by atoms with Gasteiger partial charge in [-0.1, -0.05) is 0 Å². The summed E-state index contributed by atoms with van der Waals surface area (Å²) in [6.45, 7) is 2.10. The van der Waals surface area contributed by atoms with Gasteiger partial charge in [-0.25, -0.2) is 5.90 Å². The molecular formula is C7H14N2OS. The minimum absolute atomic E-state index is 1.24. The SMILES string of the molecule is CNc1ccc(C)s1.CON. The van der Waals surface area contributed by atoms with Gasteiger partial charge in [0.2, 0.25) is 0 Å². The summed E-state index contributed by atoms with van der Waals surface area (Å²) in [5.41, 5.74) is 0. The van der Waals surface area contributed by atoms with Crippen LogP contribution < -0.4 is 11.2 Å². The molecule has 1 aromatic heterocycles. The number of nitrogens with one attached hydrogen (secondary N) is 1. The van der Waals surface area contributed by atoms with Gasteiger partial charge in [-0.3, -0.25) is 0 Å². The molecule has 4 heteroatoms. The third-order valence-electron chi connectivity index (χ3n) is 0.987. The maximum atomic E-state index is 4.35. The van der Waals surface area contributed by atoms with Gasteiger partial charge in [-0.15, -0.1) is 11.3 Å². The Balaban J connectivity index is 0.000000292. The third-order valence-corrected chi connectivity index (χ3v) is 2.00. The summed E-state index contributed by atoms with van der Waals surface area (Å²) >= 11 is 1.78. The standard InChI is InChI=1S/C6H9NS.CH5NO/c1-5-3-4-6(7-2)8-5;1-3-2/h3-4,7H,1-2H3;2H2,1H3. The van der Waals surface area contributed by atoms with Gasteiger partial charge in [0.15, 0.2) is 0 Å². The zero-order chi connectivity index (χ0) is 8.69. The van der Waals surface area contributed by atoms with Crippen molar-refractivity contribution in [2.45, 2.75) is 6.92 Å². The number of rotatable bonds is 1. The van der Waals surface area contributed by atoms with Crippen molar-refractivity contribution in [3.63, 3.8) is 0 Å². The molecule has 1 aromatic rings. The fourth-order valence-corrected chi connectivity index (χ4v) is 1.29. The van der Waals surface area contributed by atoms with Crippen LogP contribution in [0.3, 0.4) is 0 Å². The van der Waals surface area contributed by atoms with E-state index in [9.17, 15) is 0 Å². The molecule has 0 spiro atoms. The molecule has 0 amide bonds. The lowest BCUT2D eigenvalue weighted by Crippen LogP contribution is -1.86. The Morgan fingerprint density at radius 1 is 1.55 bits per heavy atom. The van der Waals surface area contributed by atoms with Crippen molar-refractivity contribution in [3.8, 4) is 0 Å². The Morgan fingerprint density at radius 3 is 2.27 bits per heavy atom. The molecule has 3 N–H and O–H groups in total. The summed E-state index contributed by atoms with van der Waals surface area (Å²) in [5.74, 6) is 4.35. The Morgan fingerprint density at radius 2 is 2.09 bits per heavy atom. The smallest absolute Gasteiger partial charge is 0.0882 e. The van der Waals surface area contributed by atoms with Crippen LogP contribution in [-0.2, 0) is 4.84 Å². The summed E-state index contributed by atoms with van der Waals surface area (Å²) in [4.78, 5) is 5.11. The summed E-state index contributed by atoms with van der Waals surface area (Å²) in [5, 5.41) is 4.30. The van der Waals surface area contributed by atoms with Crippen molar-refractivity contribution in [1.82, 2.24) is 0 Å². The van der Waals surface area contributed by atoms with Crippen molar-refractivity contribution in [1.29, 1.82) is 0 Å². The summed E-state index contributed by atoms with van der Waals surface area (Å²) in [6, 6.07) is 4.19. The first kappa shape index (κ1) is 10.4. The molecule has 0 saturated heterocycles. The quantitative estimate of drug-likeness (QED) is 0.636. The Bertz CT molecular complexity index is 188. The van der Waals surface area contributed by atoms with Gasteiger partial charge in [0, 0.05) is 11.9 Å². The van der Waals surface area contributed by atoms with E-state index in [0.29, 0.717) is 0 Å². The van der Waals surface area contributed by atoms with Gasteiger partial charge in [0.25, 0.3) is 0 Å². The normalized spacial score (nSPS) is 8.36. The van der Waals surface area contributed by atoms with Crippen LogP contribution in [0.5, 0.6) is 0 Å². The van der Waals surface area contributed by atoms with E-state index in [-0.39, 0.29) is 0 Å². The molecule has 0 aliphatic rings. The first-order chi connectivity index (χ1) is 5.24. The minimum atomic E-state index is 1.24. The molecule has 0 aromatic carbocycles. The van der Waals surface area contributed by atoms with Crippen molar-refractivity contribution in [2.24, 2.45) is 5.90 Å². The van der Waals surface area contributed by atoms with Gasteiger partial charge < -0.3 is 10.2 Å². The van der Waals surface area contributed by atoms with Crippen LogP contribution in [-0.4, -0.2) is 14.2 Å². The lowest BCUT2D eigenvalue weighted by molar-refractivity contribution is 0.206. The first-order valence-electron chi connectivity index (χ1n) is 3.21. The number of anilines is 1. The van der Waals surface area contributed by atoms with E-state index in [1.165, 1.54) is 17.0 Å². The first-order valence-corrected chi connectivity index (χ1v) is 4.03. The zero-order valence-electron chi connectivity index (χ0n) is 7.05. The Hall–Kier alpha value is -0.580. The highest BCUT2D eigenvalue weighted by Crippen LogP contribution is 2.19. The third kappa shape index (κ3) is 4.78. The van der Waals surface area contributed by atoms with E-state index < -0.39 is 0 Å². The predicted molar refractivity (Wildman–Crippen MR) is 49.8 cm³/mol. The predicted octanol–water partition coefficient (Wildman–Crippen LogP) is 1.60. The highest BCUT2D eigenvalue weighted by Gasteiger charge is 1.88. The van der Waals surface area contributed by atoms with E-state index >= 15 is 0 Å². The zero-order valence-corrected chi connectivity index (χ0v) is 7.87. The molecule has 0 unspecified atom stereocenters. The average molecular weight is 174 g/mol. The van der Waals surface area contributed by atoms with Crippen molar-refractivity contribution in [2.75, 3.05) is 19.5 Å². The van der Waals surface area contributed by atoms with E-state index in [4.69, 9.17) is 0 Å². The summed E-state index contributed by atoms with van der Waals surface area (Å²) in [6.07, 6.45) is 0. The van der Waals surface area contributed by atoms with Gasteiger partial charge >= 0.3 is 0 Å².